The van der Waals surface area contributed by atoms with E-state index in [1.54, 1.807) is 0 Å². The first-order chi connectivity index (χ1) is 17.6. The van der Waals surface area contributed by atoms with E-state index in [1.165, 1.54) is 21.0 Å². The average Bonchev–Trinajstić information content (AvgIpc) is 2.87. The molecule has 2 rings (SSSR count). The minimum atomic E-state index is -1.62. The molecule has 0 spiro atoms. The lowest BCUT2D eigenvalue weighted by atomic mass is 9.95. The zero-order valence-electron chi connectivity index (χ0n) is 21.7. The van der Waals surface area contributed by atoms with Crippen molar-refractivity contribution in [2.45, 2.75) is 120 Å². The van der Waals surface area contributed by atoms with Crippen molar-refractivity contribution in [3.05, 3.63) is 0 Å². The Hall–Kier alpha value is -1.42. The van der Waals surface area contributed by atoms with E-state index in [4.69, 9.17) is 18.9 Å². The fourth-order valence-corrected chi connectivity index (χ4v) is 4.43. The van der Waals surface area contributed by atoms with Gasteiger partial charge in [0.1, 0.15) is 42.7 Å². The molecule has 0 aromatic heterocycles. The predicted octanol–water partition coefficient (Wildman–Crippen LogP) is -1.30. The Morgan fingerprint density at radius 1 is 0.865 bits per heavy atom. The molecule has 2 saturated heterocycles. The Labute approximate surface area is 217 Å². The van der Waals surface area contributed by atoms with Gasteiger partial charge in [0.15, 0.2) is 12.6 Å². The van der Waals surface area contributed by atoms with E-state index in [9.17, 15) is 35.1 Å². The van der Waals surface area contributed by atoms with Gasteiger partial charge in [-0.05, 0) is 19.8 Å². The van der Waals surface area contributed by atoms with Gasteiger partial charge in [0.25, 0.3) is 0 Å². The van der Waals surface area contributed by atoms with E-state index in [2.05, 4.69) is 10.1 Å². The number of unbranched alkanes of at least 4 members (excludes halogenated alkanes) is 5. The molecule has 2 fully saturated rings. The number of carbonyl (C=O) groups excluding carboxylic acids is 2. The summed E-state index contributed by atoms with van der Waals surface area (Å²) >= 11 is 0. The molecule has 2 aliphatic rings. The molecule has 2 heterocycles. The average molecular weight is 538 g/mol. The van der Waals surface area contributed by atoms with Crippen LogP contribution in [0.1, 0.15) is 58.8 Å². The van der Waals surface area contributed by atoms with Gasteiger partial charge in [-0.15, -0.1) is 0 Å². The maximum Gasteiger partial charge on any atom is 0.305 e. The zero-order valence-corrected chi connectivity index (χ0v) is 21.7. The smallest absolute Gasteiger partial charge is 0.305 e. The number of esters is 1. The van der Waals surface area contributed by atoms with Crippen molar-refractivity contribution < 1.29 is 58.8 Å². The number of methoxy groups -OCH3 is 1. The lowest BCUT2D eigenvalue weighted by Crippen LogP contribution is -2.67. The summed E-state index contributed by atoms with van der Waals surface area (Å²) in [5.74, 6) is -0.658. The number of aliphatic hydroxyl groups excluding tert-OH is 5. The first kappa shape index (κ1) is 31.8. The third-order valence-corrected chi connectivity index (χ3v) is 6.61. The first-order valence-electron chi connectivity index (χ1n) is 12.9. The normalized spacial score (nSPS) is 36.2. The van der Waals surface area contributed by atoms with Crippen molar-refractivity contribution in [3.63, 3.8) is 0 Å². The number of hydrogen-bond donors (Lipinski definition) is 6. The molecule has 0 aromatic rings. The largest absolute Gasteiger partial charge is 0.469 e. The molecule has 1 amide bonds. The predicted molar refractivity (Wildman–Crippen MR) is 127 cm³/mol. The van der Waals surface area contributed by atoms with Gasteiger partial charge in [0.05, 0.1) is 19.8 Å². The van der Waals surface area contributed by atoms with Crippen LogP contribution in [0, 0.1) is 0 Å². The van der Waals surface area contributed by atoms with Crippen molar-refractivity contribution in [1.82, 2.24) is 5.32 Å². The zero-order chi connectivity index (χ0) is 27.5. The summed E-state index contributed by atoms with van der Waals surface area (Å²) < 4.78 is 27.4. The highest BCUT2D eigenvalue weighted by Crippen LogP contribution is 2.29. The Balaban J connectivity index is 1.89. The van der Waals surface area contributed by atoms with E-state index < -0.39 is 73.9 Å². The van der Waals surface area contributed by atoms with Gasteiger partial charge in [0, 0.05) is 20.0 Å². The van der Waals surface area contributed by atoms with Crippen LogP contribution in [0.25, 0.3) is 0 Å². The molecule has 13 heteroatoms. The lowest BCUT2D eigenvalue weighted by Gasteiger charge is -2.47. The van der Waals surface area contributed by atoms with E-state index >= 15 is 0 Å². The standard InChI is InChI=1S/C24H43NO12/c1-13-18(29)20(31)21(32)24(35-13)37-22-15(12-26)36-23(17(19(22)30)25-14(2)27)34-11-9-7-5-4-6-8-10-16(28)33-3/h13,15,17-24,26,29-32H,4-12H2,1-3H3,(H,25,27)/t13-,15+,17+,18+,19+,20+,21-,22+,23+,24-/m0/s1. The summed E-state index contributed by atoms with van der Waals surface area (Å²) in [7, 11) is 1.37. The Kier molecular flexibility index (Phi) is 13.6. The number of carbonyl (C=O) groups is 2. The quantitative estimate of drug-likeness (QED) is 0.113. The summed E-state index contributed by atoms with van der Waals surface area (Å²) in [6, 6.07) is -1.04. The van der Waals surface area contributed by atoms with Gasteiger partial charge >= 0.3 is 5.97 Å². The van der Waals surface area contributed by atoms with Crippen LogP contribution in [-0.4, -0.2) is 119 Å². The Morgan fingerprint density at radius 2 is 1.51 bits per heavy atom. The van der Waals surface area contributed by atoms with Crippen molar-refractivity contribution >= 4 is 11.9 Å². The highest BCUT2D eigenvalue weighted by atomic mass is 16.7. The molecule has 0 bridgehead atoms. The van der Waals surface area contributed by atoms with Crippen molar-refractivity contribution in [3.8, 4) is 0 Å². The van der Waals surface area contributed by atoms with E-state index in [0.717, 1.165) is 32.1 Å². The summed E-state index contributed by atoms with van der Waals surface area (Å²) in [6.07, 6.45) is -6.00. The number of aliphatic hydroxyl groups is 5. The molecule has 13 nitrogen and oxygen atoms in total. The van der Waals surface area contributed by atoms with E-state index in [-0.39, 0.29) is 12.6 Å². The highest BCUT2D eigenvalue weighted by Gasteiger charge is 2.50. The molecule has 216 valence electrons. The van der Waals surface area contributed by atoms with Crippen molar-refractivity contribution in [2.24, 2.45) is 0 Å². The summed E-state index contributed by atoms with van der Waals surface area (Å²) in [4.78, 5) is 22.9. The fraction of sp³-hybridized carbons (Fsp3) is 0.917. The lowest BCUT2D eigenvalue weighted by molar-refractivity contribution is -0.344. The van der Waals surface area contributed by atoms with Gasteiger partial charge in [-0.1, -0.05) is 25.7 Å². The summed E-state index contributed by atoms with van der Waals surface area (Å²) in [5.41, 5.74) is 0. The second-order valence-electron chi connectivity index (χ2n) is 9.54. The van der Waals surface area contributed by atoms with Gasteiger partial charge in [0.2, 0.25) is 5.91 Å². The Morgan fingerprint density at radius 3 is 2.14 bits per heavy atom. The van der Waals surface area contributed by atoms with Crippen LogP contribution < -0.4 is 5.32 Å². The van der Waals surface area contributed by atoms with Crippen LogP contribution >= 0.6 is 0 Å². The highest BCUT2D eigenvalue weighted by molar-refractivity contribution is 5.73. The Bertz CT molecular complexity index is 697. The van der Waals surface area contributed by atoms with Crippen molar-refractivity contribution in [1.29, 1.82) is 0 Å². The van der Waals surface area contributed by atoms with Gasteiger partial charge in [-0.2, -0.15) is 0 Å². The third kappa shape index (κ3) is 9.37. The second kappa shape index (κ2) is 15.9. The van der Waals surface area contributed by atoms with Crippen LogP contribution in [0.3, 0.4) is 0 Å². The molecular weight excluding hydrogens is 494 g/mol. The van der Waals surface area contributed by atoms with Gasteiger partial charge in [-0.25, -0.2) is 0 Å². The number of nitrogens with one attached hydrogen (secondary N) is 1. The molecule has 37 heavy (non-hydrogen) atoms. The SMILES string of the molecule is COC(=O)CCCCCCCCO[C@@H]1O[C@H](CO)[C@@H](O[C@@H]2O[C@@H](C)[C@@H](O)[C@@H](O)[C@@H]2O)[C@H](O)[C@H]1NC(C)=O. The number of amides is 1. The maximum absolute atomic E-state index is 11.8. The fourth-order valence-electron chi connectivity index (χ4n) is 4.43. The molecule has 6 N–H and O–H groups in total. The van der Waals surface area contributed by atoms with Crippen LogP contribution in [0.15, 0.2) is 0 Å². The first-order valence-corrected chi connectivity index (χ1v) is 12.9. The molecule has 0 saturated carbocycles. The van der Waals surface area contributed by atoms with Gasteiger partial charge < -0.3 is 54.5 Å². The summed E-state index contributed by atoms with van der Waals surface area (Å²) in [6.45, 7) is 2.47. The van der Waals surface area contributed by atoms with Crippen LogP contribution in [-0.2, 0) is 33.3 Å². The summed E-state index contributed by atoms with van der Waals surface area (Å²) in [5, 5.41) is 53.7. The second-order valence-corrected chi connectivity index (χ2v) is 9.54. The molecule has 0 aromatic carbocycles. The number of rotatable bonds is 14. The molecule has 2 aliphatic heterocycles. The van der Waals surface area contributed by atoms with Gasteiger partial charge in [-0.3, -0.25) is 9.59 Å². The molecule has 0 aliphatic carbocycles. The minimum Gasteiger partial charge on any atom is -0.469 e. The third-order valence-electron chi connectivity index (χ3n) is 6.61. The van der Waals surface area contributed by atoms with E-state index in [1.807, 2.05) is 0 Å². The number of ether oxygens (including phenoxy) is 5. The topological polar surface area (TPSA) is 193 Å². The maximum atomic E-state index is 11.8. The molecule has 10 atom stereocenters. The van der Waals surface area contributed by atoms with E-state index in [0.29, 0.717) is 12.8 Å². The van der Waals surface area contributed by atoms with Crippen LogP contribution in [0.2, 0.25) is 0 Å². The monoisotopic (exact) mass is 537 g/mol. The van der Waals surface area contributed by atoms with Crippen molar-refractivity contribution in [2.75, 3.05) is 20.3 Å². The molecule has 0 radical (unpaired) electrons. The van der Waals surface area contributed by atoms with Crippen LogP contribution in [0.4, 0.5) is 0 Å². The van der Waals surface area contributed by atoms with Crippen LogP contribution in [0.5, 0.6) is 0 Å². The number of hydrogen-bond acceptors (Lipinski definition) is 12. The molecular formula is C24H43NO12. The minimum absolute atomic E-state index is 0.209. The molecule has 0 unspecified atom stereocenters.